The fraction of sp³-hybridized carbons (Fsp3) is 0.200. The van der Waals surface area contributed by atoms with Crippen molar-refractivity contribution in [2.75, 3.05) is 7.05 Å². The predicted octanol–water partition coefficient (Wildman–Crippen LogP) is 5.02. The minimum absolute atomic E-state index is 0.184. The summed E-state index contributed by atoms with van der Waals surface area (Å²) in [5, 5.41) is 3.20. The van der Waals surface area contributed by atoms with Crippen molar-refractivity contribution in [3.8, 4) is 0 Å². The van der Waals surface area contributed by atoms with Gasteiger partial charge >= 0.3 is 0 Å². The Hall–Kier alpha value is -0.840. The first-order valence-corrected chi connectivity index (χ1v) is 7.62. The molecule has 0 amide bonds. The van der Waals surface area contributed by atoms with Gasteiger partial charge in [0.2, 0.25) is 0 Å². The molecule has 0 bridgehead atoms. The summed E-state index contributed by atoms with van der Waals surface area (Å²) in [5.41, 5.74) is 1.19. The van der Waals surface area contributed by atoms with Crippen molar-refractivity contribution in [1.82, 2.24) is 5.32 Å². The highest BCUT2D eigenvalue weighted by molar-refractivity contribution is 9.10. The van der Waals surface area contributed by atoms with Crippen molar-refractivity contribution in [3.63, 3.8) is 0 Å². The van der Waals surface area contributed by atoms with Crippen molar-refractivity contribution in [2.24, 2.45) is 0 Å². The zero-order chi connectivity index (χ0) is 13.8. The molecule has 0 radical (unpaired) electrons. The lowest BCUT2D eigenvalue weighted by Crippen LogP contribution is -2.12. The second-order valence-electron chi connectivity index (χ2n) is 4.23. The molecule has 2 aromatic carbocycles. The summed E-state index contributed by atoms with van der Waals surface area (Å²) in [6, 6.07) is 13.2. The van der Waals surface area contributed by atoms with Crippen molar-refractivity contribution in [1.29, 1.82) is 0 Å². The van der Waals surface area contributed by atoms with Gasteiger partial charge in [-0.2, -0.15) is 0 Å². The molecule has 19 heavy (non-hydrogen) atoms. The van der Waals surface area contributed by atoms with E-state index in [4.69, 9.17) is 0 Å². The number of hydrogen-bond donors (Lipinski definition) is 1. The number of rotatable bonds is 4. The molecule has 0 spiro atoms. The molecule has 0 aliphatic carbocycles. The molecule has 1 nitrogen and oxygen atoms in total. The predicted molar refractivity (Wildman–Crippen MR) is 82.1 cm³/mol. The summed E-state index contributed by atoms with van der Waals surface area (Å²) < 4.78 is 14.6. The lowest BCUT2D eigenvalue weighted by Gasteiger charge is -2.13. The zero-order valence-corrected chi connectivity index (χ0v) is 13.2. The van der Waals surface area contributed by atoms with Crippen LogP contribution in [-0.2, 0) is 0 Å². The molecule has 100 valence electrons. The van der Waals surface area contributed by atoms with Crippen molar-refractivity contribution < 1.29 is 4.39 Å². The standard InChI is InChI=1S/C15H15BrFNS/c1-10(18-2)12-8-7-11(9-13(12)16)19-15-6-4-3-5-14(15)17/h3-10,18H,1-2H3. The largest absolute Gasteiger partial charge is 0.313 e. The monoisotopic (exact) mass is 339 g/mol. The highest BCUT2D eigenvalue weighted by atomic mass is 79.9. The molecule has 0 saturated carbocycles. The third-order valence-electron chi connectivity index (χ3n) is 2.94. The van der Waals surface area contributed by atoms with E-state index in [1.807, 2.05) is 25.2 Å². The van der Waals surface area contributed by atoms with Crippen LogP contribution in [0.15, 0.2) is 56.7 Å². The Morgan fingerprint density at radius 2 is 1.95 bits per heavy atom. The molecule has 0 aliphatic rings. The van der Waals surface area contributed by atoms with E-state index >= 15 is 0 Å². The van der Waals surface area contributed by atoms with E-state index in [1.54, 1.807) is 12.1 Å². The van der Waals surface area contributed by atoms with E-state index in [0.717, 1.165) is 9.37 Å². The first kappa shape index (κ1) is 14.6. The van der Waals surface area contributed by atoms with Gasteiger partial charge in [-0.3, -0.25) is 0 Å². The second kappa shape index (κ2) is 6.55. The Balaban J connectivity index is 2.24. The summed E-state index contributed by atoms with van der Waals surface area (Å²) >= 11 is 5.00. The number of nitrogens with one attached hydrogen (secondary N) is 1. The molecule has 4 heteroatoms. The Morgan fingerprint density at radius 1 is 1.21 bits per heavy atom. The minimum atomic E-state index is -0.184. The smallest absolute Gasteiger partial charge is 0.137 e. The van der Waals surface area contributed by atoms with Crippen LogP contribution in [0.2, 0.25) is 0 Å². The normalized spacial score (nSPS) is 12.4. The van der Waals surface area contributed by atoms with Crippen LogP contribution in [0.4, 0.5) is 4.39 Å². The number of hydrogen-bond acceptors (Lipinski definition) is 2. The fourth-order valence-corrected chi connectivity index (χ4v) is 3.49. The molecule has 0 fully saturated rings. The van der Waals surface area contributed by atoms with Crippen LogP contribution in [0.25, 0.3) is 0 Å². The summed E-state index contributed by atoms with van der Waals surface area (Å²) in [6.07, 6.45) is 0. The first-order valence-electron chi connectivity index (χ1n) is 6.01. The Labute approximate surface area is 125 Å². The highest BCUT2D eigenvalue weighted by Gasteiger charge is 2.09. The van der Waals surface area contributed by atoms with Crippen LogP contribution < -0.4 is 5.32 Å². The lowest BCUT2D eigenvalue weighted by molar-refractivity contribution is 0.602. The van der Waals surface area contributed by atoms with E-state index in [0.29, 0.717) is 4.90 Å². The van der Waals surface area contributed by atoms with E-state index in [-0.39, 0.29) is 11.9 Å². The maximum atomic E-state index is 13.6. The zero-order valence-electron chi connectivity index (χ0n) is 10.8. The maximum absolute atomic E-state index is 13.6. The van der Waals surface area contributed by atoms with Crippen LogP contribution in [-0.4, -0.2) is 7.05 Å². The van der Waals surface area contributed by atoms with Crippen molar-refractivity contribution in [2.45, 2.75) is 22.8 Å². The van der Waals surface area contributed by atoms with E-state index in [1.165, 1.54) is 23.4 Å². The fourth-order valence-electron chi connectivity index (χ4n) is 1.73. The summed E-state index contributed by atoms with van der Waals surface area (Å²) in [4.78, 5) is 1.66. The third kappa shape index (κ3) is 3.59. The van der Waals surface area contributed by atoms with E-state index < -0.39 is 0 Å². The number of benzene rings is 2. The SMILES string of the molecule is CNC(C)c1ccc(Sc2ccccc2F)cc1Br. The second-order valence-corrected chi connectivity index (χ2v) is 6.20. The van der Waals surface area contributed by atoms with Crippen molar-refractivity contribution in [3.05, 3.63) is 58.3 Å². The molecule has 0 saturated heterocycles. The van der Waals surface area contributed by atoms with Gasteiger partial charge in [0.25, 0.3) is 0 Å². The van der Waals surface area contributed by atoms with Crippen LogP contribution in [0, 0.1) is 5.82 Å². The topological polar surface area (TPSA) is 12.0 Å². The molecule has 1 unspecified atom stereocenters. The number of halogens is 2. The molecule has 0 aromatic heterocycles. The van der Waals surface area contributed by atoms with Crippen LogP contribution in [0.1, 0.15) is 18.5 Å². The average Bonchev–Trinajstić information content (AvgIpc) is 2.41. The summed E-state index contributed by atoms with van der Waals surface area (Å²) in [6.45, 7) is 2.10. The molecule has 0 heterocycles. The molecular weight excluding hydrogens is 325 g/mol. The van der Waals surface area contributed by atoms with Gasteiger partial charge in [-0.15, -0.1) is 0 Å². The van der Waals surface area contributed by atoms with Crippen LogP contribution in [0.5, 0.6) is 0 Å². The molecular formula is C15H15BrFNS. The van der Waals surface area contributed by atoms with Gasteiger partial charge in [-0.05, 0) is 43.8 Å². The Bertz CT molecular complexity index is 574. The minimum Gasteiger partial charge on any atom is -0.313 e. The van der Waals surface area contributed by atoms with E-state index in [9.17, 15) is 4.39 Å². The summed E-state index contributed by atoms with van der Waals surface area (Å²) in [5.74, 6) is -0.184. The van der Waals surface area contributed by atoms with Gasteiger partial charge in [0, 0.05) is 20.3 Å². The van der Waals surface area contributed by atoms with Gasteiger partial charge in [-0.1, -0.05) is 45.9 Å². The highest BCUT2D eigenvalue weighted by Crippen LogP contribution is 2.33. The maximum Gasteiger partial charge on any atom is 0.137 e. The first-order chi connectivity index (χ1) is 9.11. The summed E-state index contributed by atoms with van der Waals surface area (Å²) in [7, 11) is 1.93. The van der Waals surface area contributed by atoms with Gasteiger partial charge in [0.1, 0.15) is 5.82 Å². The Morgan fingerprint density at radius 3 is 2.58 bits per heavy atom. The van der Waals surface area contributed by atoms with Crippen molar-refractivity contribution >= 4 is 27.7 Å². The third-order valence-corrected chi connectivity index (χ3v) is 4.66. The Kier molecular flexibility index (Phi) is 5.02. The van der Waals surface area contributed by atoms with Crippen LogP contribution >= 0.6 is 27.7 Å². The van der Waals surface area contributed by atoms with Crippen LogP contribution in [0.3, 0.4) is 0 Å². The molecule has 0 aliphatic heterocycles. The van der Waals surface area contributed by atoms with Gasteiger partial charge in [0.05, 0.1) is 0 Å². The quantitative estimate of drug-likeness (QED) is 0.839. The van der Waals surface area contributed by atoms with Gasteiger partial charge in [-0.25, -0.2) is 4.39 Å². The molecule has 1 atom stereocenters. The lowest BCUT2D eigenvalue weighted by atomic mass is 10.1. The van der Waals surface area contributed by atoms with Gasteiger partial charge < -0.3 is 5.32 Å². The molecule has 1 N–H and O–H groups in total. The molecule has 2 rings (SSSR count). The van der Waals surface area contributed by atoms with E-state index in [2.05, 4.69) is 34.2 Å². The van der Waals surface area contributed by atoms with Gasteiger partial charge in [0.15, 0.2) is 0 Å². The average molecular weight is 340 g/mol. The molecule has 2 aromatic rings.